The van der Waals surface area contributed by atoms with Gasteiger partial charge >= 0.3 is 0 Å². The smallest absolute Gasteiger partial charge is 0.258 e. The molecule has 1 aromatic carbocycles. The molecule has 12 heavy (non-hydrogen) atoms. The van der Waals surface area contributed by atoms with Crippen LogP contribution < -0.4 is 10.6 Å². The van der Waals surface area contributed by atoms with Crippen molar-refractivity contribution in [1.82, 2.24) is 0 Å². The molecule has 0 aliphatic carbocycles. The zero-order valence-electron chi connectivity index (χ0n) is 6.83. The Morgan fingerprint density at radius 2 is 2.00 bits per heavy atom. The van der Waals surface area contributed by atoms with E-state index >= 15 is 0 Å². The fourth-order valence-electron chi connectivity index (χ4n) is 1.04. The second kappa shape index (κ2) is 3.89. The molecule has 0 radical (unpaired) electrons. The maximum atomic E-state index is 6.21. The summed E-state index contributed by atoms with van der Waals surface area (Å²) in [4.78, 5) is 0. The second-order valence-corrected chi connectivity index (χ2v) is 7.46. The van der Waals surface area contributed by atoms with Crippen LogP contribution in [0.25, 0.3) is 0 Å². The van der Waals surface area contributed by atoms with Gasteiger partial charge in [0.2, 0.25) is 0 Å². The molecule has 3 heteroatoms. The van der Waals surface area contributed by atoms with E-state index < -0.39 is 7.55 Å². The van der Waals surface area contributed by atoms with Crippen LogP contribution in [0, 0.1) is 0 Å². The van der Waals surface area contributed by atoms with Crippen molar-refractivity contribution in [3.8, 4) is 0 Å². The average Bonchev–Trinajstić information content (AvgIpc) is 2.06. The Labute approximate surface area is 78.6 Å². The lowest BCUT2D eigenvalue weighted by Gasteiger charge is -2.16. The van der Waals surface area contributed by atoms with E-state index in [4.69, 9.17) is 16.5 Å². The fraction of sp³-hybridized carbons (Fsp3) is 0.111. The minimum atomic E-state index is -2.23. The summed E-state index contributed by atoms with van der Waals surface area (Å²) in [6, 6.07) is 10.5. The van der Waals surface area contributed by atoms with Gasteiger partial charge in [0.25, 0.3) is 7.55 Å². The molecule has 0 saturated carbocycles. The van der Waals surface area contributed by atoms with Crippen LogP contribution in [-0.4, -0.2) is 7.55 Å². The van der Waals surface area contributed by atoms with Gasteiger partial charge in [-0.1, -0.05) is 36.4 Å². The molecule has 0 heterocycles. The van der Waals surface area contributed by atoms with Crippen molar-refractivity contribution in [3.63, 3.8) is 0 Å². The Morgan fingerprint density at radius 3 is 2.50 bits per heavy atom. The molecule has 0 bridgehead atoms. The molecule has 1 nitrogen and oxygen atoms in total. The first-order valence-electron chi connectivity index (χ1n) is 3.81. The number of benzene rings is 1. The highest BCUT2D eigenvalue weighted by atomic mass is 35.6. The van der Waals surface area contributed by atoms with Crippen molar-refractivity contribution in [2.45, 2.75) is 6.04 Å². The zero-order chi connectivity index (χ0) is 9.03. The normalized spacial score (nSPS) is 15.2. The number of nitrogens with two attached hydrogens (primary N) is 1. The van der Waals surface area contributed by atoms with Crippen LogP contribution in [0.15, 0.2) is 43.0 Å². The van der Waals surface area contributed by atoms with E-state index in [0.717, 1.165) is 5.19 Å². The van der Waals surface area contributed by atoms with E-state index in [0.29, 0.717) is 6.04 Å². The summed E-state index contributed by atoms with van der Waals surface area (Å²) in [6.07, 6.45) is 1.78. The Bertz CT molecular complexity index is 258. The average molecular weight is 198 g/mol. The first-order valence-corrected chi connectivity index (χ1v) is 7.10. The number of hydrogen-bond donors (Lipinski definition) is 1. The molecule has 0 spiro atoms. The van der Waals surface area contributed by atoms with Gasteiger partial charge in [-0.15, -0.1) is 17.7 Å². The van der Waals surface area contributed by atoms with Crippen LogP contribution in [0.4, 0.5) is 0 Å². The molecule has 0 aliphatic heterocycles. The van der Waals surface area contributed by atoms with E-state index in [9.17, 15) is 0 Å². The monoisotopic (exact) mass is 197 g/mol. The molecule has 0 fully saturated rings. The Hall–Kier alpha value is -0.573. The first kappa shape index (κ1) is 9.51. The van der Waals surface area contributed by atoms with Crippen LogP contribution in [0.3, 0.4) is 0 Å². The van der Waals surface area contributed by atoms with Gasteiger partial charge in [-0.3, -0.25) is 0 Å². The Morgan fingerprint density at radius 1 is 1.42 bits per heavy atom. The van der Waals surface area contributed by atoms with Gasteiger partial charge in [0.1, 0.15) is 0 Å². The van der Waals surface area contributed by atoms with E-state index in [2.05, 4.69) is 6.58 Å². The Balaban J connectivity index is 2.89. The van der Waals surface area contributed by atoms with E-state index in [1.54, 1.807) is 6.08 Å². The molecular formula is C9H12ClNSi. The van der Waals surface area contributed by atoms with E-state index in [-0.39, 0.29) is 0 Å². The van der Waals surface area contributed by atoms with Crippen molar-refractivity contribution in [3.05, 3.63) is 43.0 Å². The molecule has 1 aromatic rings. The maximum absolute atomic E-state index is 6.21. The summed E-state index contributed by atoms with van der Waals surface area (Å²) in [5.41, 5.74) is 0. The lowest BCUT2D eigenvalue weighted by atomic mass is 10.4. The van der Waals surface area contributed by atoms with Crippen LogP contribution in [0.2, 0.25) is 6.04 Å². The summed E-state index contributed by atoms with van der Waals surface area (Å²) in [7, 11) is -2.23. The zero-order valence-corrected chi connectivity index (χ0v) is 8.59. The van der Waals surface area contributed by atoms with E-state index in [1.165, 1.54) is 0 Å². The molecular weight excluding hydrogens is 186 g/mol. The third-order valence-electron chi connectivity index (χ3n) is 1.70. The molecule has 1 unspecified atom stereocenters. The van der Waals surface area contributed by atoms with Gasteiger partial charge in [0, 0.05) is 0 Å². The number of rotatable bonds is 3. The summed E-state index contributed by atoms with van der Waals surface area (Å²) in [5.74, 6) is 0. The molecule has 0 saturated heterocycles. The molecule has 2 N–H and O–H groups in total. The summed E-state index contributed by atoms with van der Waals surface area (Å²) in [5, 5.41) is 7.04. The van der Waals surface area contributed by atoms with Crippen LogP contribution in [0.5, 0.6) is 0 Å². The fourth-order valence-corrected chi connectivity index (χ4v) is 3.15. The second-order valence-electron chi connectivity index (χ2n) is 2.72. The lowest BCUT2D eigenvalue weighted by Crippen LogP contribution is -2.51. The molecule has 1 rings (SSSR count). The summed E-state index contributed by atoms with van der Waals surface area (Å²) < 4.78 is 0. The number of hydrogen-bond acceptors (Lipinski definition) is 1. The lowest BCUT2D eigenvalue weighted by molar-refractivity contribution is 1.55. The van der Waals surface area contributed by atoms with Crippen molar-refractivity contribution in [2.75, 3.05) is 0 Å². The number of allylic oxidation sites excluding steroid dienone is 1. The van der Waals surface area contributed by atoms with Crippen molar-refractivity contribution < 1.29 is 0 Å². The highest BCUT2D eigenvalue weighted by Gasteiger charge is 2.26. The van der Waals surface area contributed by atoms with Gasteiger partial charge in [0.05, 0.1) is 0 Å². The van der Waals surface area contributed by atoms with Gasteiger partial charge in [0.15, 0.2) is 0 Å². The van der Waals surface area contributed by atoms with Gasteiger partial charge in [-0.25, -0.2) is 0 Å². The highest BCUT2D eigenvalue weighted by Crippen LogP contribution is 2.08. The first-order chi connectivity index (χ1) is 5.67. The predicted octanol–water partition coefficient (Wildman–Crippen LogP) is 1.72. The molecule has 0 amide bonds. The molecule has 1 atom stereocenters. The minimum Gasteiger partial charge on any atom is -0.335 e. The third kappa shape index (κ3) is 2.20. The van der Waals surface area contributed by atoms with Crippen LogP contribution in [-0.2, 0) is 0 Å². The van der Waals surface area contributed by atoms with Gasteiger partial charge in [-0.2, -0.15) is 0 Å². The van der Waals surface area contributed by atoms with Crippen molar-refractivity contribution in [1.29, 1.82) is 0 Å². The summed E-state index contributed by atoms with van der Waals surface area (Å²) >= 11 is 6.21. The highest BCUT2D eigenvalue weighted by molar-refractivity contribution is 7.25. The maximum Gasteiger partial charge on any atom is 0.258 e. The van der Waals surface area contributed by atoms with E-state index in [1.807, 2.05) is 30.3 Å². The van der Waals surface area contributed by atoms with Gasteiger partial charge < -0.3 is 5.40 Å². The molecule has 0 aliphatic rings. The van der Waals surface area contributed by atoms with Gasteiger partial charge in [-0.05, 0) is 11.2 Å². The SMILES string of the molecule is C=CC[Si](N)(Cl)c1ccccc1. The Kier molecular flexibility index (Phi) is 3.09. The molecule has 0 aromatic heterocycles. The summed E-state index contributed by atoms with van der Waals surface area (Å²) in [6.45, 7) is 3.64. The van der Waals surface area contributed by atoms with Crippen LogP contribution >= 0.6 is 11.1 Å². The molecule has 64 valence electrons. The standard InChI is InChI=1S/C9H12ClNSi/c1-2-8-12(10,11)9-6-4-3-5-7-9/h2-7H,1,8,11H2. The predicted molar refractivity (Wildman–Crippen MR) is 56.9 cm³/mol. The van der Waals surface area contributed by atoms with Crippen molar-refractivity contribution in [2.24, 2.45) is 5.40 Å². The quantitative estimate of drug-likeness (QED) is 0.446. The third-order valence-corrected chi connectivity index (χ3v) is 4.99. The minimum absolute atomic E-state index is 0.707. The van der Waals surface area contributed by atoms with Crippen molar-refractivity contribution >= 4 is 23.8 Å². The van der Waals surface area contributed by atoms with Crippen LogP contribution in [0.1, 0.15) is 0 Å². The number of halogens is 1. The largest absolute Gasteiger partial charge is 0.335 e. The topological polar surface area (TPSA) is 26.0 Å².